The molecule has 1 aliphatic carbocycles. The molecule has 1 saturated carbocycles. The van der Waals surface area contributed by atoms with Gasteiger partial charge in [0, 0.05) is 31.6 Å². The van der Waals surface area contributed by atoms with Crippen molar-refractivity contribution in [2.75, 3.05) is 13.1 Å². The maximum absolute atomic E-state index is 12.0. The van der Waals surface area contributed by atoms with Gasteiger partial charge in [-0.05, 0) is 43.4 Å². The molecule has 3 rings (SSSR count). The molecule has 0 spiro atoms. The van der Waals surface area contributed by atoms with E-state index in [2.05, 4.69) is 16.3 Å². The first-order valence-corrected chi connectivity index (χ1v) is 8.26. The second-order valence-electron chi connectivity index (χ2n) is 6.50. The summed E-state index contributed by atoms with van der Waals surface area (Å²) in [6, 6.07) is 10.3. The van der Waals surface area contributed by atoms with Gasteiger partial charge >= 0.3 is 0 Å². The van der Waals surface area contributed by atoms with Crippen LogP contribution in [-0.2, 0) is 11.3 Å². The Bertz CT molecular complexity index is 549. The Hall–Kier alpha value is -1.86. The van der Waals surface area contributed by atoms with Crippen LogP contribution in [-0.4, -0.2) is 29.9 Å². The summed E-state index contributed by atoms with van der Waals surface area (Å²) in [6.45, 7) is 2.97. The number of carbonyl (C=O) groups is 1. The second-order valence-corrected chi connectivity index (χ2v) is 6.50. The van der Waals surface area contributed by atoms with Crippen molar-refractivity contribution in [2.45, 2.75) is 44.7 Å². The van der Waals surface area contributed by atoms with E-state index in [1.54, 1.807) is 0 Å². The lowest BCUT2D eigenvalue weighted by atomic mass is 9.84. The molecule has 2 fully saturated rings. The van der Waals surface area contributed by atoms with E-state index in [0.29, 0.717) is 11.6 Å². The van der Waals surface area contributed by atoms with Crippen molar-refractivity contribution >= 4 is 5.91 Å². The van der Waals surface area contributed by atoms with Gasteiger partial charge in [0.2, 0.25) is 5.91 Å². The fourth-order valence-electron chi connectivity index (χ4n) is 3.17. The van der Waals surface area contributed by atoms with Crippen LogP contribution in [0.3, 0.4) is 0 Å². The highest BCUT2D eigenvalue weighted by atomic mass is 16.2. The number of amides is 1. The number of rotatable bonds is 4. The molecule has 22 heavy (non-hydrogen) atoms. The van der Waals surface area contributed by atoms with Crippen LogP contribution >= 0.6 is 0 Å². The van der Waals surface area contributed by atoms with Gasteiger partial charge in [-0.2, -0.15) is 5.26 Å². The number of likely N-dealkylation sites (tertiary alicyclic amines) is 1. The summed E-state index contributed by atoms with van der Waals surface area (Å²) in [5.41, 5.74) is 1.96. The maximum Gasteiger partial charge on any atom is 0.223 e. The summed E-state index contributed by atoms with van der Waals surface area (Å²) in [7, 11) is 0. The van der Waals surface area contributed by atoms with Crippen molar-refractivity contribution in [3.8, 4) is 6.07 Å². The van der Waals surface area contributed by atoms with Gasteiger partial charge in [-0.25, -0.2) is 0 Å². The summed E-state index contributed by atoms with van der Waals surface area (Å²) in [5.74, 6) is 0.563. The van der Waals surface area contributed by atoms with Gasteiger partial charge in [-0.3, -0.25) is 9.69 Å². The molecule has 0 bridgehead atoms. The van der Waals surface area contributed by atoms with Crippen LogP contribution in [0.15, 0.2) is 24.3 Å². The molecule has 1 aromatic carbocycles. The highest BCUT2D eigenvalue weighted by Gasteiger charge is 2.28. The lowest BCUT2D eigenvalue weighted by Gasteiger charge is -2.34. The van der Waals surface area contributed by atoms with E-state index in [1.165, 1.54) is 12.0 Å². The van der Waals surface area contributed by atoms with Crippen molar-refractivity contribution in [2.24, 2.45) is 5.92 Å². The largest absolute Gasteiger partial charge is 0.353 e. The molecule has 0 aromatic heterocycles. The van der Waals surface area contributed by atoms with Gasteiger partial charge in [0.25, 0.3) is 0 Å². The first kappa shape index (κ1) is 15.1. The van der Waals surface area contributed by atoms with Crippen molar-refractivity contribution in [3.63, 3.8) is 0 Å². The highest BCUT2D eigenvalue weighted by Crippen LogP contribution is 2.26. The molecule has 0 unspecified atom stereocenters. The summed E-state index contributed by atoms with van der Waals surface area (Å²) < 4.78 is 0. The molecule has 0 radical (unpaired) electrons. The van der Waals surface area contributed by atoms with E-state index < -0.39 is 0 Å². The van der Waals surface area contributed by atoms with Gasteiger partial charge in [0.1, 0.15) is 0 Å². The van der Waals surface area contributed by atoms with E-state index in [1.807, 2.05) is 24.3 Å². The Morgan fingerprint density at radius 3 is 2.41 bits per heavy atom. The highest BCUT2D eigenvalue weighted by molar-refractivity contribution is 5.79. The van der Waals surface area contributed by atoms with Crippen molar-refractivity contribution < 1.29 is 4.79 Å². The van der Waals surface area contributed by atoms with Crippen LogP contribution in [0.1, 0.15) is 43.2 Å². The number of piperidine rings is 1. The van der Waals surface area contributed by atoms with Crippen LogP contribution in [0.2, 0.25) is 0 Å². The maximum atomic E-state index is 12.0. The van der Waals surface area contributed by atoms with Crippen LogP contribution in [0.4, 0.5) is 0 Å². The number of nitriles is 1. The zero-order chi connectivity index (χ0) is 15.4. The van der Waals surface area contributed by atoms with E-state index in [0.717, 1.165) is 45.3 Å². The Morgan fingerprint density at radius 1 is 1.18 bits per heavy atom. The van der Waals surface area contributed by atoms with Crippen LogP contribution in [0.5, 0.6) is 0 Å². The molecular formula is C18H23N3O. The topological polar surface area (TPSA) is 56.1 Å². The fraction of sp³-hybridized carbons (Fsp3) is 0.556. The Balaban J connectivity index is 1.43. The first-order chi connectivity index (χ1) is 10.7. The van der Waals surface area contributed by atoms with Gasteiger partial charge in [-0.15, -0.1) is 0 Å². The zero-order valence-electron chi connectivity index (χ0n) is 12.9. The number of carbonyl (C=O) groups excluding carboxylic acids is 1. The van der Waals surface area contributed by atoms with E-state index >= 15 is 0 Å². The number of nitrogens with one attached hydrogen (secondary N) is 1. The average molecular weight is 297 g/mol. The lowest BCUT2D eigenvalue weighted by molar-refractivity contribution is -0.128. The van der Waals surface area contributed by atoms with Gasteiger partial charge in [0.05, 0.1) is 11.6 Å². The lowest BCUT2D eigenvalue weighted by Crippen LogP contribution is -2.47. The number of hydrogen-bond donors (Lipinski definition) is 1. The molecule has 1 aliphatic heterocycles. The summed E-state index contributed by atoms with van der Waals surface area (Å²) in [6.07, 6.45) is 5.43. The molecule has 1 aromatic rings. The number of hydrogen-bond acceptors (Lipinski definition) is 3. The summed E-state index contributed by atoms with van der Waals surface area (Å²) >= 11 is 0. The predicted octanol–water partition coefficient (Wildman–Crippen LogP) is 2.44. The van der Waals surface area contributed by atoms with Crippen LogP contribution in [0, 0.1) is 17.2 Å². The molecule has 1 saturated heterocycles. The third kappa shape index (κ3) is 3.66. The quantitative estimate of drug-likeness (QED) is 0.928. The molecule has 1 heterocycles. The molecule has 2 aliphatic rings. The van der Waals surface area contributed by atoms with E-state index in [9.17, 15) is 4.79 Å². The molecule has 116 valence electrons. The molecule has 0 atom stereocenters. The Morgan fingerprint density at radius 2 is 1.86 bits per heavy atom. The minimum Gasteiger partial charge on any atom is -0.353 e. The fourth-order valence-corrected chi connectivity index (χ4v) is 3.17. The molecule has 4 heteroatoms. The zero-order valence-corrected chi connectivity index (χ0v) is 12.9. The Labute approximate surface area is 132 Å². The minimum absolute atomic E-state index is 0.275. The van der Waals surface area contributed by atoms with Crippen LogP contribution < -0.4 is 5.32 Å². The molecular weight excluding hydrogens is 274 g/mol. The normalized spacial score (nSPS) is 20.1. The summed E-state index contributed by atoms with van der Waals surface area (Å²) in [4.78, 5) is 14.4. The van der Waals surface area contributed by atoms with Gasteiger partial charge in [-0.1, -0.05) is 18.6 Å². The standard InChI is InChI=1S/C18H23N3O/c19-12-14-4-6-15(7-5-14)13-21-10-8-17(9-11-21)20-18(22)16-2-1-3-16/h4-7,16-17H,1-3,8-11,13H2,(H,20,22). The predicted molar refractivity (Wildman–Crippen MR) is 84.9 cm³/mol. The van der Waals surface area contributed by atoms with Crippen molar-refractivity contribution in [1.82, 2.24) is 10.2 Å². The monoisotopic (exact) mass is 297 g/mol. The van der Waals surface area contributed by atoms with E-state index in [4.69, 9.17) is 5.26 Å². The number of benzene rings is 1. The smallest absolute Gasteiger partial charge is 0.223 e. The average Bonchev–Trinajstić information content (AvgIpc) is 2.48. The minimum atomic E-state index is 0.275. The first-order valence-electron chi connectivity index (χ1n) is 8.26. The SMILES string of the molecule is N#Cc1ccc(CN2CCC(NC(=O)C3CCC3)CC2)cc1. The second kappa shape index (κ2) is 6.93. The third-order valence-corrected chi connectivity index (χ3v) is 4.90. The number of nitrogens with zero attached hydrogens (tertiary/aromatic N) is 2. The summed E-state index contributed by atoms with van der Waals surface area (Å²) in [5, 5.41) is 12.0. The van der Waals surface area contributed by atoms with Gasteiger partial charge < -0.3 is 5.32 Å². The van der Waals surface area contributed by atoms with Crippen LogP contribution in [0.25, 0.3) is 0 Å². The van der Waals surface area contributed by atoms with Crippen molar-refractivity contribution in [1.29, 1.82) is 5.26 Å². The van der Waals surface area contributed by atoms with Gasteiger partial charge in [0.15, 0.2) is 0 Å². The molecule has 1 N–H and O–H groups in total. The molecule has 4 nitrogen and oxygen atoms in total. The third-order valence-electron chi connectivity index (χ3n) is 4.90. The molecule has 1 amide bonds. The van der Waals surface area contributed by atoms with Crippen molar-refractivity contribution in [3.05, 3.63) is 35.4 Å². The van der Waals surface area contributed by atoms with E-state index in [-0.39, 0.29) is 11.8 Å². The Kier molecular flexibility index (Phi) is 4.74.